The van der Waals surface area contributed by atoms with Crippen molar-refractivity contribution in [3.05, 3.63) is 0 Å². The van der Waals surface area contributed by atoms with Crippen molar-refractivity contribution < 1.29 is 9.84 Å². The minimum Gasteiger partial charge on any atom is -0.393 e. The molecule has 0 amide bonds. The van der Waals surface area contributed by atoms with Gasteiger partial charge >= 0.3 is 0 Å². The molecule has 0 aromatic carbocycles. The van der Waals surface area contributed by atoms with Crippen molar-refractivity contribution in [1.29, 1.82) is 0 Å². The molecular weight excluding hydrogens is 176 g/mol. The van der Waals surface area contributed by atoms with Crippen LogP contribution in [0, 0.1) is 12.3 Å². The normalized spacial score (nSPS) is 24.1. The second kappa shape index (κ2) is 6.86. The van der Waals surface area contributed by atoms with Gasteiger partial charge < -0.3 is 9.84 Å². The van der Waals surface area contributed by atoms with Crippen LogP contribution in [0.2, 0.25) is 0 Å². The summed E-state index contributed by atoms with van der Waals surface area (Å²) in [6.07, 6.45) is 12.0. The molecule has 0 aliphatic carbocycles. The molecule has 0 saturated carbocycles. The largest absolute Gasteiger partial charge is 0.393 e. The lowest BCUT2D eigenvalue weighted by molar-refractivity contribution is -0.0166. The van der Waals surface area contributed by atoms with Crippen LogP contribution in [0.4, 0.5) is 0 Å². The van der Waals surface area contributed by atoms with Gasteiger partial charge in [-0.15, -0.1) is 12.3 Å². The zero-order valence-electron chi connectivity index (χ0n) is 8.74. The summed E-state index contributed by atoms with van der Waals surface area (Å²) in [5.41, 5.74) is 0. The van der Waals surface area contributed by atoms with Gasteiger partial charge in [0, 0.05) is 13.0 Å². The van der Waals surface area contributed by atoms with E-state index in [1.54, 1.807) is 0 Å². The first-order valence-corrected chi connectivity index (χ1v) is 5.56. The van der Waals surface area contributed by atoms with Crippen molar-refractivity contribution in [3.8, 4) is 12.3 Å². The van der Waals surface area contributed by atoms with Gasteiger partial charge in [-0.25, -0.2) is 0 Å². The molecule has 80 valence electrons. The van der Waals surface area contributed by atoms with Crippen LogP contribution in [0.3, 0.4) is 0 Å². The summed E-state index contributed by atoms with van der Waals surface area (Å²) in [5, 5.41) is 9.68. The molecule has 1 N–H and O–H groups in total. The number of hydrogen-bond donors (Lipinski definition) is 1. The average molecular weight is 196 g/mol. The van der Waals surface area contributed by atoms with E-state index in [0.717, 1.165) is 38.7 Å². The Kier molecular flexibility index (Phi) is 5.66. The molecule has 0 aromatic heterocycles. The molecule has 14 heavy (non-hydrogen) atoms. The van der Waals surface area contributed by atoms with E-state index in [9.17, 15) is 5.11 Å². The third-order valence-electron chi connectivity index (χ3n) is 2.67. The Morgan fingerprint density at radius 1 is 1.50 bits per heavy atom. The van der Waals surface area contributed by atoms with Gasteiger partial charge in [-0.2, -0.15) is 0 Å². The Hall–Kier alpha value is -0.520. The van der Waals surface area contributed by atoms with Crippen LogP contribution in [0.5, 0.6) is 0 Å². The van der Waals surface area contributed by atoms with Gasteiger partial charge in [0.25, 0.3) is 0 Å². The Labute approximate surface area is 86.7 Å². The van der Waals surface area contributed by atoms with Crippen molar-refractivity contribution in [1.82, 2.24) is 0 Å². The highest BCUT2D eigenvalue weighted by Gasteiger charge is 2.17. The highest BCUT2D eigenvalue weighted by molar-refractivity contribution is 4.83. The first-order valence-electron chi connectivity index (χ1n) is 5.56. The predicted molar refractivity (Wildman–Crippen MR) is 56.9 cm³/mol. The van der Waals surface area contributed by atoms with Crippen LogP contribution in [0.1, 0.15) is 44.9 Å². The number of terminal acetylenes is 1. The van der Waals surface area contributed by atoms with E-state index in [0.29, 0.717) is 0 Å². The number of ether oxygens (including phenoxy) is 1. The van der Waals surface area contributed by atoms with Gasteiger partial charge in [-0.1, -0.05) is 0 Å². The van der Waals surface area contributed by atoms with E-state index < -0.39 is 0 Å². The van der Waals surface area contributed by atoms with Gasteiger partial charge in [-0.05, 0) is 38.5 Å². The van der Waals surface area contributed by atoms with Crippen LogP contribution in [-0.4, -0.2) is 23.9 Å². The van der Waals surface area contributed by atoms with E-state index in [-0.39, 0.29) is 12.2 Å². The summed E-state index contributed by atoms with van der Waals surface area (Å²) < 4.78 is 5.55. The molecule has 1 heterocycles. The van der Waals surface area contributed by atoms with Crippen molar-refractivity contribution in [2.24, 2.45) is 0 Å². The summed E-state index contributed by atoms with van der Waals surface area (Å²) in [7, 11) is 0. The Morgan fingerprint density at radius 2 is 2.36 bits per heavy atom. The van der Waals surface area contributed by atoms with Gasteiger partial charge in [0.05, 0.1) is 12.2 Å². The van der Waals surface area contributed by atoms with Crippen LogP contribution < -0.4 is 0 Å². The summed E-state index contributed by atoms with van der Waals surface area (Å²) in [6.45, 7) is 0.863. The highest BCUT2D eigenvalue weighted by atomic mass is 16.5. The van der Waals surface area contributed by atoms with Crippen molar-refractivity contribution in [2.45, 2.75) is 57.2 Å². The fourth-order valence-electron chi connectivity index (χ4n) is 1.85. The fraction of sp³-hybridized carbons (Fsp3) is 0.833. The Morgan fingerprint density at radius 3 is 3.00 bits per heavy atom. The molecule has 0 bridgehead atoms. The second-order valence-electron chi connectivity index (χ2n) is 3.97. The fourth-order valence-corrected chi connectivity index (χ4v) is 1.85. The standard InChI is InChI=1S/C12H20O2/c1-2-3-4-7-11(13)10-12-8-5-6-9-14-12/h1,11-13H,3-10H2. The maximum Gasteiger partial charge on any atom is 0.0599 e. The molecule has 2 unspecified atom stereocenters. The van der Waals surface area contributed by atoms with Gasteiger partial charge in [0.1, 0.15) is 0 Å². The van der Waals surface area contributed by atoms with Crippen LogP contribution >= 0.6 is 0 Å². The molecule has 1 saturated heterocycles. The molecule has 0 spiro atoms. The zero-order chi connectivity index (χ0) is 10.2. The maximum atomic E-state index is 9.68. The molecule has 0 aromatic rings. The van der Waals surface area contributed by atoms with Gasteiger partial charge in [0.2, 0.25) is 0 Å². The van der Waals surface area contributed by atoms with E-state index in [1.807, 2.05) is 0 Å². The molecule has 1 rings (SSSR count). The van der Waals surface area contributed by atoms with Crippen molar-refractivity contribution in [2.75, 3.05) is 6.61 Å². The smallest absolute Gasteiger partial charge is 0.0599 e. The SMILES string of the molecule is C#CCCCC(O)CC1CCCCO1. The number of aliphatic hydroxyl groups is 1. The maximum absolute atomic E-state index is 9.68. The monoisotopic (exact) mass is 196 g/mol. The molecule has 2 atom stereocenters. The quantitative estimate of drug-likeness (QED) is 0.539. The minimum atomic E-state index is -0.230. The number of unbranched alkanes of at least 4 members (excludes halogenated alkanes) is 1. The van der Waals surface area contributed by atoms with Crippen LogP contribution in [0.25, 0.3) is 0 Å². The highest BCUT2D eigenvalue weighted by Crippen LogP contribution is 2.18. The van der Waals surface area contributed by atoms with E-state index >= 15 is 0 Å². The Balaban J connectivity index is 2.06. The topological polar surface area (TPSA) is 29.5 Å². The number of hydrogen-bond acceptors (Lipinski definition) is 2. The summed E-state index contributed by atoms with van der Waals surface area (Å²) in [5.74, 6) is 2.58. The molecule has 0 radical (unpaired) electrons. The molecule has 2 nitrogen and oxygen atoms in total. The Bertz CT molecular complexity index is 177. The summed E-state index contributed by atoms with van der Waals surface area (Å²) in [4.78, 5) is 0. The third kappa shape index (κ3) is 4.64. The van der Waals surface area contributed by atoms with Crippen LogP contribution in [-0.2, 0) is 4.74 Å². The molecule has 1 aliphatic heterocycles. The first-order chi connectivity index (χ1) is 6.83. The molecule has 1 fully saturated rings. The number of aliphatic hydroxyl groups excluding tert-OH is 1. The molecule has 2 heteroatoms. The summed E-state index contributed by atoms with van der Waals surface area (Å²) >= 11 is 0. The second-order valence-corrected chi connectivity index (χ2v) is 3.97. The predicted octanol–water partition coefficient (Wildman–Crippen LogP) is 2.11. The van der Waals surface area contributed by atoms with Crippen molar-refractivity contribution in [3.63, 3.8) is 0 Å². The van der Waals surface area contributed by atoms with E-state index in [4.69, 9.17) is 11.2 Å². The lowest BCUT2D eigenvalue weighted by Gasteiger charge is -2.24. The molecule has 1 aliphatic rings. The van der Waals surface area contributed by atoms with Gasteiger partial charge in [-0.3, -0.25) is 0 Å². The van der Waals surface area contributed by atoms with Crippen molar-refractivity contribution >= 4 is 0 Å². The average Bonchev–Trinajstić information content (AvgIpc) is 2.20. The summed E-state index contributed by atoms with van der Waals surface area (Å²) in [6, 6.07) is 0. The molecular formula is C12H20O2. The number of rotatable bonds is 5. The third-order valence-corrected chi connectivity index (χ3v) is 2.67. The van der Waals surface area contributed by atoms with Gasteiger partial charge in [0.15, 0.2) is 0 Å². The first kappa shape index (κ1) is 11.6. The van der Waals surface area contributed by atoms with E-state index in [1.165, 1.54) is 12.8 Å². The lowest BCUT2D eigenvalue weighted by Crippen LogP contribution is -2.24. The van der Waals surface area contributed by atoms with Crippen LogP contribution in [0.15, 0.2) is 0 Å². The van der Waals surface area contributed by atoms with E-state index in [2.05, 4.69) is 5.92 Å². The zero-order valence-corrected chi connectivity index (χ0v) is 8.74. The lowest BCUT2D eigenvalue weighted by atomic mass is 10.0. The minimum absolute atomic E-state index is 0.230.